The molecule has 4 aliphatic carbocycles. The van der Waals surface area contributed by atoms with Crippen molar-refractivity contribution in [2.45, 2.75) is 165 Å². The highest BCUT2D eigenvalue weighted by Crippen LogP contribution is 2.69. The predicted molar refractivity (Wildman–Crippen MR) is 193 cm³/mol. The van der Waals surface area contributed by atoms with Gasteiger partial charge in [0.1, 0.15) is 36.6 Å². The average Bonchev–Trinajstić information content (AvgIpc) is 3.33. The number of hydrogen-bond acceptors (Lipinski definition) is 14. The quantitative estimate of drug-likeness (QED) is 0.124. The number of aliphatic hydroxyl groups excluding tert-OH is 8. The zero-order valence-corrected chi connectivity index (χ0v) is 32.8. The van der Waals surface area contributed by atoms with Gasteiger partial charge in [0.25, 0.3) is 0 Å². The van der Waals surface area contributed by atoms with Gasteiger partial charge in [-0.3, -0.25) is 0 Å². The molecule has 14 heteroatoms. The van der Waals surface area contributed by atoms with Crippen molar-refractivity contribution >= 4 is 0 Å². The summed E-state index contributed by atoms with van der Waals surface area (Å²) >= 11 is 0. The second kappa shape index (κ2) is 16.4. The van der Waals surface area contributed by atoms with Gasteiger partial charge >= 0.3 is 0 Å². The summed E-state index contributed by atoms with van der Waals surface area (Å²) in [6.45, 7) is 10.6. The van der Waals surface area contributed by atoms with Gasteiger partial charge in [-0.25, -0.2) is 0 Å². The molecule has 6 rings (SSSR count). The smallest absolute Gasteiger partial charge is 0.187 e. The van der Waals surface area contributed by atoms with Crippen LogP contribution in [0.3, 0.4) is 0 Å². The molecule has 2 aliphatic heterocycles. The van der Waals surface area contributed by atoms with Crippen molar-refractivity contribution in [2.24, 2.45) is 46.3 Å². The Morgan fingerprint density at radius 3 is 2.17 bits per heavy atom. The van der Waals surface area contributed by atoms with E-state index in [2.05, 4.69) is 34.6 Å². The lowest BCUT2D eigenvalue weighted by atomic mass is 9.43. The van der Waals surface area contributed by atoms with Crippen molar-refractivity contribution in [1.29, 1.82) is 0 Å². The first kappa shape index (κ1) is 42.8. The van der Waals surface area contributed by atoms with Gasteiger partial charge in [0.15, 0.2) is 12.6 Å². The molecule has 2 heterocycles. The van der Waals surface area contributed by atoms with E-state index in [9.17, 15) is 46.0 Å². The van der Waals surface area contributed by atoms with E-state index in [0.29, 0.717) is 32.3 Å². The first-order chi connectivity index (χ1) is 25.4. The van der Waals surface area contributed by atoms with Crippen molar-refractivity contribution in [3.63, 3.8) is 0 Å². The molecule has 9 N–H and O–H groups in total. The molecule has 21 unspecified atom stereocenters. The zero-order valence-electron chi connectivity index (χ0n) is 32.8. The molecule has 0 amide bonds. The van der Waals surface area contributed by atoms with Gasteiger partial charge in [0, 0.05) is 19.4 Å². The summed E-state index contributed by atoms with van der Waals surface area (Å²) in [5, 5.41) is 98.8. The highest BCUT2D eigenvalue weighted by molar-refractivity contribution is 5.33. The first-order valence-electron chi connectivity index (χ1n) is 20.3. The fourth-order valence-corrected chi connectivity index (χ4v) is 12.3. The van der Waals surface area contributed by atoms with Crippen molar-refractivity contribution in [1.82, 2.24) is 0 Å². The molecule has 21 atom stereocenters. The fourth-order valence-electron chi connectivity index (χ4n) is 12.3. The van der Waals surface area contributed by atoms with Crippen LogP contribution in [0, 0.1) is 46.3 Å². The number of aliphatic hydroxyl groups is 9. The Labute approximate surface area is 319 Å². The zero-order chi connectivity index (χ0) is 39.5. The van der Waals surface area contributed by atoms with Gasteiger partial charge in [0.05, 0.1) is 49.8 Å². The molecule has 0 radical (unpaired) electrons. The molecule has 54 heavy (non-hydrogen) atoms. The first-order valence-corrected chi connectivity index (χ1v) is 20.3. The van der Waals surface area contributed by atoms with Crippen LogP contribution < -0.4 is 0 Å². The molecule has 6 aliphatic rings. The lowest BCUT2D eigenvalue weighted by Crippen LogP contribution is -2.66. The summed E-state index contributed by atoms with van der Waals surface area (Å²) in [4.78, 5) is 0. The molecule has 14 nitrogen and oxygen atoms in total. The Balaban J connectivity index is 1.12. The molecule has 2 saturated heterocycles. The van der Waals surface area contributed by atoms with Gasteiger partial charge in [0.2, 0.25) is 0 Å². The summed E-state index contributed by atoms with van der Waals surface area (Å²) in [5.41, 5.74) is -1.77. The van der Waals surface area contributed by atoms with Crippen LogP contribution in [0.25, 0.3) is 0 Å². The molecule has 0 spiro atoms. The molecule has 5 fully saturated rings. The Morgan fingerprint density at radius 2 is 1.50 bits per heavy atom. The van der Waals surface area contributed by atoms with Crippen LogP contribution in [0.4, 0.5) is 0 Å². The van der Waals surface area contributed by atoms with Crippen LogP contribution in [-0.2, 0) is 23.7 Å². The lowest BCUT2D eigenvalue weighted by Gasteiger charge is -2.64. The molecule has 3 saturated carbocycles. The van der Waals surface area contributed by atoms with E-state index in [-0.39, 0.29) is 49.2 Å². The van der Waals surface area contributed by atoms with Crippen LogP contribution >= 0.6 is 0 Å². The molecular formula is C40H68O14. The van der Waals surface area contributed by atoms with E-state index in [0.717, 1.165) is 24.8 Å². The van der Waals surface area contributed by atoms with E-state index in [4.69, 9.17) is 23.7 Å². The van der Waals surface area contributed by atoms with Crippen LogP contribution in [-0.4, -0.2) is 152 Å². The van der Waals surface area contributed by atoms with Crippen LogP contribution in [0.2, 0.25) is 0 Å². The highest BCUT2D eigenvalue weighted by Gasteiger charge is 2.72. The maximum Gasteiger partial charge on any atom is 0.187 e. The Bertz CT molecular complexity index is 1300. The summed E-state index contributed by atoms with van der Waals surface area (Å²) in [6.07, 6.45) is -5.46. The van der Waals surface area contributed by atoms with E-state index < -0.39 is 96.0 Å². The average molecular weight is 773 g/mol. The maximum atomic E-state index is 12.8. The second-order valence-corrected chi connectivity index (χ2v) is 18.3. The van der Waals surface area contributed by atoms with Gasteiger partial charge < -0.3 is 69.6 Å². The number of rotatable bonds is 12. The topological polar surface area (TPSA) is 228 Å². The maximum absolute atomic E-state index is 12.8. The Kier molecular flexibility index (Phi) is 13.0. The van der Waals surface area contributed by atoms with Gasteiger partial charge in [-0.15, -0.1) is 0 Å². The monoisotopic (exact) mass is 772 g/mol. The molecule has 0 aromatic carbocycles. The Hall–Kier alpha value is -0.820. The van der Waals surface area contributed by atoms with E-state index >= 15 is 0 Å². The normalized spacial score (nSPS) is 51.0. The minimum Gasteiger partial charge on any atom is -0.390 e. The summed E-state index contributed by atoms with van der Waals surface area (Å²) in [5.74, 6) is -0.778. The van der Waals surface area contributed by atoms with Gasteiger partial charge in [-0.05, 0) is 78.1 Å². The molecule has 0 bridgehead atoms. The highest BCUT2D eigenvalue weighted by atomic mass is 16.7. The van der Waals surface area contributed by atoms with Crippen molar-refractivity contribution in [2.75, 3.05) is 26.9 Å². The second-order valence-electron chi connectivity index (χ2n) is 18.3. The largest absolute Gasteiger partial charge is 0.390 e. The number of methoxy groups -OCH3 is 1. The van der Waals surface area contributed by atoms with E-state index in [1.54, 1.807) is 0 Å². The molecule has 0 aromatic rings. The number of fused-ring (bicyclic) bond motifs is 5. The van der Waals surface area contributed by atoms with E-state index in [1.807, 2.05) is 6.08 Å². The molecular weight excluding hydrogens is 704 g/mol. The van der Waals surface area contributed by atoms with Crippen molar-refractivity contribution in [3.05, 3.63) is 11.6 Å². The summed E-state index contributed by atoms with van der Waals surface area (Å²) < 4.78 is 28.6. The predicted octanol–water partition coefficient (Wildman–Crippen LogP) is 0.605. The minimum atomic E-state index is -1.41. The van der Waals surface area contributed by atoms with Crippen LogP contribution in [0.15, 0.2) is 11.6 Å². The SMILES string of the molecule is CCC(CCC(C)C1C(O)C(O)C2C1(C)CCC1C3(C)CCC(OC4OCC(O)C(O)C4OC)C=C3C(O)CC12O)C(C)COC1OCC(O)C(O)C1O. The lowest BCUT2D eigenvalue weighted by molar-refractivity contribution is -0.285. The molecule has 0 aromatic heterocycles. The minimum absolute atomic E-state index is 0.0248. The van der Waals surface area contributed by atoms with Crippen LogP contribution in [0.5, 0.6) is 0 Å². The van der Waals surface area contributed by atoms with E-state index in [1.165, 1.54) is 7.11 Å². The molecule has 312 valence electrons. The summed E-state index contributed by atoms with van der Waals surface area (Å²) in [6, 6.07) is 0. The Morgan fingerprint density at radius 1 is 0.833 bits per heavy atom. The standard InChI is InChI=1S/C40H68O14/c1-7-21(20(3)16-51-36-33(48)29(44)25(42)17-52-36)9-8-19(2)28-31(46)32(47)35-39(28,5)13-11-27-38(4)12-10-22(14-23(38)24(41)15-40(27,35)49)54-37-34(50-6)30(45)26(43)18-53-37/h14,19-22,24-37,41-49H,7-13,15-18H2,1-6H3. The van der Waals surface area contributed by atoms with Gasteiger partial charge in [-0.2, -0.15) is 0 Å². The third kappa shape index (κ3) is 7.38. The van der Waals surface area contributed by atoms with Gasteiger partial charge in [-0.1, -0.05) is 53.5 Å². The number of ether oxygens (including phenoxy) is 5. The van der Waals surface area contributed by atoms with Crippen molar-refractivity contribution in [3.8, 4) is 0 Å². The summed E-state index contributed by atoms with van der Waals surface area (Å²) in [7, 11) is 1.42. The fraction of sp³-hybridized carbons (Fsp3) is 0.950. The van der Waals surface area contributed by atoms with Crippen molar-refractivity contribution < 1.29 is 69.6 Å². The van der Waals surface area contributed by atoms with Crippen LogP contribution in [0.1, 0.15) is 86.0 Å². The third-order valence-corrected chi connectivity index (χ3v) is 15.2. The number of hydrogen-bond donors (Lipinski definition) is 9. The third-order valence-electron chi connectivity index (χ3n) is 15.2.